The Hall–Kier alpha value is -2.57. The number of carbonyl (C=O) groups excluding carboxylic acids is 1. The van der Waals surface area contributed by atoms with E-state index >= 15 is 0 Å². The minimum absolute atomic E-state index is 0.0854. The van der Waals surface area contributed by atoms with Crippen LogP contribution in [0.4, 0.5) is 11.4 Å². The second kappa shape index (κ2) is 10.1. The third-order valence-corrected chi connectivity index (χ3v) is 8.74. The lowest BCUT2D eigenvalue weighted by atomic mass is 9.92. The summed E-state index contributed by atoms with van der Waals surface area (Å²) in [4.78, 5) is 18.3. The summed E-state index contributed by atoms with van der Waals surface area (Å²) < 4.78 is 11.4. The summed E-state index contributed by atoms with van der Waals surface area (Å²) in [5.74, 6) is 1.46. The number of ether oxygens (including phenoxy) is 2. The molecule has 0 radical (unpaired) electrons. The normalized spacial score (nSPS) is 25.0. The van der Waals surface area contributed by atoms with E-state index in [1.54, 1.807) is 0 Å². The van der Waals surface area contributed by atoms with Gasteiger partial charge in [-0.05, 0) is 112 Å². The van der Waals surface area contributed by atoms with Crippen molar-refractivity contribution < 1.29 is 14.3 Å². The van der Waals surface area contributed by atoms with Crippen LogP contribution in [0.5, 0.6) is 5.75 Å². The van der Waals surface area contributed by atoms with E-state index in [4.69, 9.17) is 9.47 Å². The van der Waals surface area contributed by atoms with Gasteiger partial charge in [0.05, 0.1) is 6.61 Å². The minimum Gasteiger partial charge on any atom is -0.493 e. The molecule has 1 amide bonds. The molecule has 1 spiro atoms. The molecule has 0 bridgehead atoms. The molecule has 0 aromatic heterocycles. The van der Waals surface area contributed by atoms with Crippen molar-refractivity contribution in [2.24, 2.45) is 5.92 Å². The molecule has 2 aromatic carbocycles. The van der Waals surface area contributed by atoms with Crippen LogP contribution < -0.4 is 15.0 Å². The second-order valence-electron chi connectivity index (χ2n) is 11.3. The Labute approximate surface area is 214 Å². The molecule has 1 atom stereocenters. The lowest BCUT2D eigenvalue weighted by Gasteiger charge is -2.42. The number of likely N-dealkylation sites (tertiary alicyclic amines) is 1. The maximum absolute atomic E-state index is 12.9. The van der Waals surface area contributed by atoms with Crippen molar-refractivity contribution in [3.8, 4) is 5.75 Å². The molecule has 192 valence electrons. The molecule has 6 nitrogen and oxygen atoms in total. The molecule has 3 saturated heterocycles. The van der Waals surface area contributed by atoms with Crippen LogP contribution in [-0.4, -0.2) is 61.8 Å². The summed E-state index contributed by atoms with van der Waals surface area (Å²) in [5, 5.41) is 3.10. The Morgan fingerprint density at radius 2 is 1.86 bits per heavy atom. The zero-order valence-electron chi connectivity index (χ0n) is 21.5. The fourth-order valence-corrected chi connectivity index (χ4v) is 6.42. The zero-order valence-corrected chi connectivity index (χ0v) is 21.5. The monoisotopic (exact) mass is 489 g/mol. The van der Waals surface area contributed by atoms with Crippen LogP contribution in [0.3, 0.4) is 0 Å². The van der Waals surface area contributed by atoms with Gasteiger partial charge in [0.25, 0.3) is 5.91 Å². The molecule has 1 saturated carbocycles. The average Bonchev–Trinajstić information content (AvgIpc) is 3.51. The topological polar surface area (TPSA) is 54.0 Å². The van der Waals surface area contributed by atoms with Crippen molar-refractivity contribution in [3.63, 3.8) is 0 Å². The summed E-state index contributed by atoms with van der Waals surface area (Å²) in [6, 6.07) is 14.6. The van der Waals surface area contributed by atoms with Gasteiger partial charge < -0.3 is 19.7 Å². The first kappa shape index (κ1) is 23.8. The number of rotatable bonds is 7. The van der Waals surface area contributed by atoms with Gasteiger partial charge in [-0.1, -0.05) is 0 Å². The van der Waals surface area contributed by atoms with Crippen molar-refractivity contribution in [1.82, 2.24) is 4.90 Å². The first-order valence-corrected chi connectivity index (χ1v) is 13.8. The molecule has 3 aliphatic heterocycles. The van der Waals surface area contributed by atoms with Crippen LogP contribution in [0.2, 0.25) is 0 Å². The van der Waals surface area contributed by atoms with E-state index in [2.05, 4.69) is 40.2 Å². The van der Waals surface area contributed by atoms with Gasteiger partial charge in [-0.2, -0.15) is 0 Å². The van der Waals surface area contributed by atoms with Gasteiger partial charge in [0.2, 0.25) is 0 Å². The average molecular weight is 490 g/mol. The third-order valence-electron chi connectivity index (χ3n) is 8.74. The number of nitrogens with zero attached hydrogens (tertiary/aromatic N) is 2. The SMILES string of the molecule is Cc1cc(N2CCC3(CCCN3C3CCOCC3)C2)ccc1NC(=O)c1ccc(OCC2CC2)cc1. The highest BCUT2D eigenvalue weighted by Gasteiger charge is 2.48. The maximum atomic E-state index is 12.9. The van der Waals surface area contributed by atoms with Gasteiger partial charge in [0, 0.05) is 54.8 Å². The number of amides is 1. The van der Waals surface area contributed by atoms with Gasteiger partial charge in [0.15, 0.2) is 0 Å². The Kier molecular flexibility index (Phi) is 6.65. The molecule has 6 rings (SSSR count). The number of nitrogens with one attached hydrogen (secondary N) is 1. The quantitative estimate of drug-likeness (QED) is 0.575. The second-order valence-corrected chi connectivity index (χ2v) is 11.3. The van der Waals surface area contributed by atoms with Crippen molar-refractivity contribution in [2.75, 3.05) is 49.7 Å². The number of hydrogen-bond acceptors (Lipinski definition) is 5. The van der Waals surface area contributed by atoms with E-state index < -0.39 is 0 Å². The Morgan fingerprint density at radius 1 is 1.06 bits per heavy atom. The molecule has 36 heavy (non-hydrogen) atoms. The van der Waals surface area contributed by atoms with Crippen LogP contribution >= 0.6 is 0 Å². The lowest BCUT2D eigenvalue weighted by Crippen LogP contribution is -2.52. The molecule has 1 unspecified atom stereocenters. The van der Waals surface area contributed by atoms with Gasteiger partial charge in [-0.15, -0.1) is 0 Å². The molecule has 6 heteroatoms. The van der Waals surface area contributed by atoms with Crippen LogP contribution in [0, 0.1) is 12.8 Å². The largest absolute Gasteiger partial charge is 0.493 e. The highest BCUT2D eigenvalue weighted by molar-refractivity contribution is 6.04. The van der Waals surface area contributed by atoms with Crippen molar-refractivity contribution >= 4 is 17.3 Å². The van der Waals surface area contributed by atoms with Gasteiger partial charge in [-0.3, -0.25) is 9.69 Å². The van der Waals surface area contributed by atoms with E-state index in [9.17, 15) is 4.79 Å². The molecular weight excluding hydrogens is 450 g/mol. The summed E-state index contributed by atoms with van der Waals surface area (Å²) in [5.41, 5.74) is 4.19. The fraction of sp³-hybridized carbons (Fsp3) is 0.567. The van der Waals surface area contributed by atoms with E-state index in [1.165, 1.54) is 57.2 Å². The summed E-state index contributed by atoms with van der Waals surface area (Å²) >= 11 is 0. The first-order valence-electron chi connectivity index (χ1n) is 13.8. The highest BCUT2D eigenvalue weighted by atomic mass is 16.5. The third kappa shape index (κ3) is 4.98. The minimum atomic E-state index is -0.0854. The predicted molar refractivity (Wildman–Crippen MR) is 143 cm³/mol. The number of aryl methyl sites for hydroxylation is 1. The van der Waals surface area contributed by atoms with E-state index in [-0.39, 0.29) is 5.91 Å². The molecule has 4 fully saturated rings. The van der Waals surface area contributed by atoms with E-state index in [0.29, 0.717) is 23.1 Å². The van der Waals surface area contributed by atoms with Crippen LogP contribution in [-0.2, 0) is 4.74 Å². The van der Waals surface area contributed by atoms with Gasteiger partial charge in [0.1, 0.15) is 5.75 Å². The fourth-order valence-electron chi connectivity index (χ4n) is 6.42. The summed E-state index contributed by atoms with van der Waals surface area (Å²) in [6.45, 7) is 8.12. The number of hydrogen-bond donors (Lipinski definition) is 1. The Morgan fingerprint density at radius 3 is 2.61 bits per heavy atom. The molecular formula is C30H39N3O3. The van der Waals surface area contributed by atoms with Crippen molar-refractivity contribution in [3.05, 3.63) is 53.6 Å². The van der Waals surface area contributed by atoms with Crippen molar-refractivity contribution in [1.29, 1.82) is 0 Å². The van der Waals surface area contributed by atoms with Crippen LogP contribution in [0.25, 0.3) is 0 Å². The standard InChI is InChI=1S/C30H39N3O3/c1-22-19-26(32-16-14-30(21-32)13-2-15-33(30)25-11-17-35-18-12-25)7-10-28(22)31-29(34)24-5-8-27(9-6-24)36-20-23-3-4-23/h5-10,19,23,25H,2-4,11-18,20-21H2,1H3,(H,31,34). The zero-order chi connectivity index (χ0) is 24.5. The van der Waals surface area contributed by atoms with Gasteiger partial charge >= 0.3 is 0 Å². The number of benzene rings is 2. The smallest absolute Gasteiger partial charge is 0.255 e. The highest BCUT2D eigenvalue weighted by Crippen LogP contribution is 2.42. The maximum Gasteiger partial charge on any atom is 0.255 e. The van der Waals surface area contributed by atoms with E-state index in [0.717, 1.165) is 49.9 Å². The molecule has 3 heterocycles. The van der Waals surface area contributed by atoms with Crippen molar-refractivity contribution in [2.45, 2.75) is 63.5 Å². The predicted octanol–water partition coefficient (Wildman–Crippen LogP) is 5.26. The molecule has 1 aliphatic carbocycles. The lowest BCUT2D eigenvalue weighted by molar-refractivity contribution is 0.00693. The Bertz CT molecular complexity index is 1080. The molecule has 1 N–H and O–H groups in total. The molecule has 4 aliphatic rings. The first-order chi connectivity index (χ1) is 17.6. The van der Waals surface area contributed by atoms with Crippen LogP contribution in [0.1, 0.15) is 60.9 Å². The summed E-state index contributed by atoms with van der Waals surface area (Å²) in [7, 11) is 0. The summed E-state index contributed by atoms with van der Waals surface area (Å²) in [6.07, 6.45) is 8.73. The van der Waals surface area contributed by atoms with Gasteiger partial charge in [-0.25, -0.2) is 0 Å². The van der Waals surface area contributed by atoms with E-state index in [1.807, 2.05) is 24.3 Å². The number of carbonyl (C=O) groups is 1. The van der Waals surface area contributed by atoms with Crippen LogP contribution in [0.15, 0.2) is 42.5 Å². The Balaban J connectivity index is 1.08. The molecule has 2 aromatic rings. The number of anilines is 2.